The number of hydrogen-bond donors (Lipinski definition) is 2. The van der Waals surface area contributed by atoms with Crippen molar-refractivity contribution in [2.45, 2.75) is 6.04 Å². The lowest BCUT2D eigenvalue weighted by molar-refractivity contribution is -0.117. The Kier molecular flexibility index (Phi) is 5.39. The number of carbonyl (C=O) groups excluding carboxylic acids is 1. The van der Waals surface area contributed by atoms with Gasteiger partial charge in [-0.1, -0.05) is 42.5 Å². The van der Waals surface area contributed by atoms with E-state index in [-0.39, 0.29) is 12.2 Å². The van der Waals surface area contributed by atoms with Crippen LogP contribution in [-0.4, -0.2) is 17.6 Å². The summed E-state index contributed by atoms with van der Waals surface area (Å²) in [6.45, 7) is -0.300. The van der Waals surface area contributed by atoms with Crippen LogP contribution in [0.3, 0.4) is 0 Å². The van der Waals surface area contributed by atoms with E-state index < -0.39 is 23.6 Å². The molecule has 2 N–H and O–H groups in total. The standard InChI is InChI=1S/C21H17F2NO2/c22-18-6-3-7-19(23)17(18)10-11-21(26)24-20(13-25)16-9-8-14-4-1-2-5-15(14)12-16/h1-12,20,25H,13H2,(H,24,26)/b11-10+/t20-/m0/s1. The van der Waals surface area contributed by atoms with Crippen molar-refractivity contribution in [1.82, 2.24) is 5.32 Å². The minimum atomic E-state index is -0.748. The molecular formula is C21H17F2NO2. The summed E-state index contributed by atoms with van der Waals surface area (Å²) in [5, 5.41) is 14.3. The predicted molar refractivity (Wildman–Crippen MR) is 97.3 cm³/mol. The average molecular weight is 353 g/mol. The quantitative estimate of drug-likeness (QED) is 0.682. The summed E-state index contributed by atoms with van der Waals surface area (Å²) in [6, 6.07) is 16.2. The summed E-state index contributed by atoms with van der Waals surface area (Å²) >= 11 is 0. The number of carbonyl (C=O) groups is 1. The third kappa shape index (κ3) is 3.95. The normalized spacial score (nSPS) is 12.4. The molecule has 3 aromatic carbocycles. The fourth-order valence-corrected chi connectivity index (χ4v) is 2.71. The largest absolute Gasteiger partial charge is 0.394 e. The molecule has 5 heteroatoms. The number of hydrogen-bond acceptors (Lipinski definition) is 2. The molecule has 0 bridgehead atoms. The Labute approximate surface area is 149 Å². The van der Waals surface area contributed by atoms with Crippen molar-refractivity contribution in [2.75, 3.05) is 6.61 Å². The molecule has 1 atom stereocenters. The van der Waals surface area contributed by atoms with Gasteiger partial charge in [0, 0.05) is 11.6 Å². The first-order valence-electron chi connectivity index (χ1n) is 8.10. The molecule has 132 valence electrons. The highest BCUT2D eigenvalue weighted by Crippen LogP contribution is 2.20. The summed E-state index contributed by atoms with van der Waals surface area (Å²) < 4.78 is 27.2. The summed E-state index contributed by atoms with van der Waals surface area (Å²) in [6.07, 6.45) is 2.13. The molecule has 0 heterocycles. The Bertz CT molecular complexity index is 949. The molecule has 0 saturated carbocycles. The lowest BCUT2D eigenvalue weighted by atomic mass is 10.0. The first-order chi connectivity index (χ1) is 12.6. The third-order valence-corrected chi connectivity index (χ3v) is 4.08. The maximum atomic E-state index is 13.6. The summed E-state index contributed by atoms with van der Waals surface area (Å²) in [7, 11) is 0. The van der Waals surface area contributed by atoms with Crippen molar-refractivity contribution in [2.24, 2.45) is 0 Å². The lowest BCUT2D eigenvalue weighted by Crippen LogP contribution is -2.29. The molecule has 0 aliphatic carbocycles. The highest BCUT2D eigenvalue weighted by Gasteiger charge is 2.13. The highest BCUT2D eigenvalue weighted by atomic mass is 19.1. The van der Waals surface area contributed by atoms with E-state index in [1.807, 2.05) is 42.5 Å². The molecule has 0 spiro atoms. The number of aliphatic hydroxyl groups excluding tert-OH is 1. The molecular weight excluding hydrogens is 336 g/mol. The van der Waals surface area contributed by atoms with E-state index in [9.17, 15) is 18.7 Å². The van der Waals surface area contributed by atoms with Gasteiger partial charge in [0.2, 0.25) is 5.91 Å². The molecule has 3 rings (SSSR count). The zero-order valence-electron chi connectivity index (χ0n) is 13.8. The van der Waals surface area contributed by atoms with Crippen molar-refractivity contribution in [3.05, 3.63) is 89.5 Å². The van der Waals surface area contributed by atoms with Crippen LogP contribution in [0.15, 0.2) is 66.7 Å². The number of benzene rings is 3. The van der Waals surface area contributed by atoms with Gasteiger partial charge >= 0.3 is 0 Å². The maximum Gasteiger partial charge on any atom is 0.244 e. The van der Waals surface area contributed by atoms with Gasteiger partial charge in [-0.25, -0.2) is 8.78 Å². The van der Waals surface area contributed by atoms with E-state index in [1.165, 1.54) is 6.07 Å². The first-order valence-corrected chi connectivity index (χ1v) is 8.10. The lowest BCUT2D eigenvalue weighted by Gasteiger charge is -2.16. The Hall–Kier alpha value is -3.05. The van der Waals surface area contributed by atoms with Crippen molar-refractivity contribution < 1.29 is 18.7 Å². The zero-order valence-corrected chi connectivity index (χ0v) is 13.8. The van der Waals surface area contributed by atoms with Gasteiger partial charge in [-0.2, -0.15) is 0 Å². The Morgan fingerprint density at radius 3 is 2.38 bits per heavy atom. The highest BCUT2D eigenvalue weighted by molar-refractivity contribution is 5.92. The van der Waals surface area contributed by atoms with Crippen LogP contribution in [0.2, 0.25) is 0 Å². The molecule has 0 saturated heterocycles. The van der Waals surface area contributed by atoms with Crippen LogP contribution in [-0.2, 0) is 4.79 Å². The number of nitrogens with one attached hydrogen (secondary N) is 1. The van der Waals surface area contributed by atoms with Gasteiger partial charge < -0.3 is 10.4 Å². The number of halogens is 2. The summed E-state index contributed by atoms with van der Waals surface area (Å²) in [5.41, 5.74) is 0.457. The SMILES string of the molecule is O=C(/C=C/c1c(F)cccc1F)N[C@@H](CO)c1ccc2ccccc2c1. The fourth-order valence-electron chi connectivity index (χ4n) is 2.71. The van der Waals surface area contributed by atoms with Gasteiger partial charge in [-0.3, -0.25) is 4.79 Å². The topological polar surface area (TPSA) is 49.3 Å². The van der Waals surface area contributed by atoms with Gasteiger partial charge in [0.15, 0.2) is 0 Å². The smallest absolute Gasteiger partial charge is 0.244 e. The molecule has 26 heavy (non-hydrogen) atoms. The summed E-state index contributed by atoms with van der Waals surface area (Å²) in [5.74, 6) is -2.05. The van der Waals surface area contributed by atoms with E-state index in [2.05, 4.69) is 5.32 Å². The number of rotatable bonds is 5. The molecule has 1 amide bonds. The first kappa shape index (κ1) is 17.8. The second-order valence-electron chi connectivity index (χ2n) is 5.82. The molecule has 0 aromatic heterocycles. The van der Waals surface area contributed by atoms with Crippen LogP contribution in [0.5, 0.6) is 0 Å². The summed E-state index contributed by atoms with van der Waals surface area (Å²) in [4.78, 5) is 12.1. The monoisotopic (exact) mass is 353 g/mol. The predicted octanol–water partition coefficient (Wildman–Crippen LogP) is 3.98. The van der Waals surface area contributed by atoms with Crippen molar-refractivity contribution in [3.63, 3.8) is 0 Å². The number of fused-ring (bicyclic) bond motifs is 1. The van der Waals surface area contributed by atoms with Gasteiger partial charge in [-0.05, 0) is 40.6 Å². The average Bonchev–Trinajstić information content (AvgIpc) is 2.65. The molecule has 0 radical (unpaired) electrons. The second kappa shape index (κ2) is 7.89. The van der Waals surface area contributed by atoms with Crippen molar-refractivity contribution in [3.8, 4) is 0 Å². The molecule has 3 nitrogen and oxygen atoms in total. The molecule has 0 aliphatic rings. The van der Waals surface area contributed by atoms with Gasteiger partial charge in [0.05, 0.1) is 12.6 Å². The van der Waals surface area contributed by atoms with Crippen LogP contribution < -0.4 is 5.32 Å². The van der Waals surface area contributed by atoms with Crippen LogP contribution >= 0.6 is 0 Å². The minimum Gasteiger partial charge on any atom is -0.394 e. The Morgan fingerprint density at radius 2 is 1.69 bits per heavy atom. The fraction of sp³-hybridized carbons (Fsp3) is 0.0952. The Balaban J connectivity index is 1.76. The molecule has 0 unspecified atom stereocenters. The third-order valence-electron chi connectivity index (χ3n) is 4.08. The van der Waals surface area contributed by atoms with Crippen LogP contribution in [0, 0.1) is 11.6 Å². The number of amides is 1. The van der Waals surface area contributed by atoms with Gasteiger partial charge in [0.1, 0.15) is 11.6 Å². The maximum absolute atomic E-state index is 13.6. The minimum absolute atomic E-state index is 0.283. The van der Waals surface area contributed by atoms with E-state index in [1.54, 1.807) is 0 Å². The van der Waals surface area contributed by atoms with E-state index in [0.717, 1.165) is 40.6 Å². The molecule has 3 aromatic rings. The van der Waals surface area contributed by atoms with E-state index in [4.69, 9.17) is 0 Å². The van der Waals surface area contributed by atoms with Gasteiger partial charge in [0.25, 0.3) is 0 Å². The van der Waals surface area contributed by atoms with Crippen LogP contribution in [0.25, 0.3) is 16.8 Å². The zero-order chi connectivity index (χ0) is 18.5. The number of aliphatic hydroxyl groups is 1. The molecule has 0 fully saturated rings. The van der Waals surface area contributed by atoms with Crippen molar-refractivity contribution in [1.29, 1.82) is 0 Å². The van der Waals surface area contributed by atoms with E-state index >= 15 is 0 Å². The van der Waals surface area contributed by atoms with E-state index in [0.29, 0.717) is 0 Å². The Morgan fingerprint density at radius 1 is 1.00 bits per heavy atom. The van der Waals surface area contributed by atoms with Crippen LogP contribution in [0.4, 0.5) is 8.78 Å². The van der Waals surface area contributed by atoms with Crippen molar-refractivity contribution >= 4 is 22.8 Å². The molecule has 0 aliphatic heterocycles. The second-order valence-corrected chi connectivity index (χ2v) is 5.82. The van der Waals surface area contributed by atoms with Crippen LogP contribution in [0.1, 0.15) is 17.2 Å². The van der Waals surface area contributed by atoms with Gasteiger partial charge in [-0.15, -0.1) is 0 Å².